The maximum atomic E-state index is 10.9. The van der Waals surface area contributed by atoms with E-state index in [0.717, 1.165) is 6.42 Å². The minimum Gasteiger partial charge on any atom is -0.493 e. The van der Waals surface area contributed by atoms with Crippen molar-refractivity contribution < 1.29 is 14.4 Å². The monoisotopic (exact) mass is 282 g/mol. The molecular weight excluding hydrogens is 260 g/mol. The highest BCUT2D eigenvalue weighted by Crippen LogP contribution is 2.26. The summed E-state index contributed by atoms with van der Waals surface area (Å²) in [4.78, 5) is 10.5. The van der Waals surface area contributed by atoms with Crippen molar-refractivity contribution in [3.8, 4) is 5.75 Å². The van der Waals surface area contributed by atoms with E-state index in [1.54, 1.807) is 6.07 Å². The predicted octanol–water partition coefficient (Wildman–Crippen LogP) is 3.22. The molecule has 1 aromatic rings. The summed E-state index contributed by atoms with van der Waals surface area (Å²) in [6.45, 7) is 7.59. The highest BCUT2D eigenvalue weighted by atomic mass is 16.6. The number of rotatable bonds is 9. The molecule has 0 fully saturated rings. The van der Waals surface area contributed by atoms with E-state index in [0.29, 0.717) is 31.2 Å². The van der Waals surface area contributed by atoms with Crippen molar-refractivity contribution in [3.63, 3.8) is 0 Å². The molecule has 6 heteroatoms. The Morgan fingerprint density at radius 3 is 2.65 bits per heavy atom. The Morgan fingerprint density at radius 1 is 1.30 bits per heavy atom. The molecule has 0 saturated carbocycles. The molecule has 112 valence electrons. The Kier molecular flexibility index (Phi) is 6.79. The topological polar surface area (TPSA) is 73.6 Å². The molecule has 0 atom stereocenters. The third-order valence-corrected chi connectivity index (χ3v) is 2.46. The first-order valence-electron chi connectivity index (χ1n) is 6.80. The van der Waals surface area contributed by atoms with E-state index in [-0.39, 0.29) is 11.8 Å². The lowest BCUT2D eigenvalue weighted by Gasteiger charge is -2.11. The second kappa shape index (κ2) is 8.37. The van der Waals surface area contributed by atoms with Crippen LogP contribution in [0.5, 0.6) is 5.75 Å². The second-order valence-corrected chi connectivity index (χ2v) is 4.67. The molecule has 0 radical (unpaired) electrons. The summed E-state index contributed by atoms with van der Waals surface area (Å²) in [5.41, 5.74) is 0.684. The number of hydrogen-bond donors (Lipinski definition) is 1. The number of anilines is 1. The van der Waals surface area contributed by atoms with Crippen LogP contribution in [0.25, 0.3) is 0 Å². The molecule has 0 bridgehead atoms. The SMILES string of the molecule is CCCOc1cc(NCCOC(C)C)cc([N+](=O)[O-])c1. The molecule has 1 N–H and O–H groups in total. The van der Waals surface area contributed by atoms with Gasteiger partial charge in [0.1, 0.15) is 5.75 Å². The average Bonchev–Trinajstić information content (AvgIpc) is 2.41. The van der Waals surface area contributed by atoms with Gasteiger partial charge < -0.3 is 14.8 Å². The lowest BCUT2D eigenvalue weighted by Crippen LogP contribution is -2.13. The van der Waals surface area contributed by atoms with Gasteiger partial charge in [-0.3, -0.25) is 10.1 Å². The van der Waals surface area contributed by atoms with E-state index >= 15 is 0 Å². The Bertz CT molecular complexity index is 435. The van der Waals surface area contributed by atoms with Gasteiger partial charge in [-0.05, 0) is 20.3 Å². The molecular formula is C14H22N2O4. The maximum absolute atomic E-state index is 10.9. The number of hydrogen-bond acceptors (Lipinski definition) is 5. The van der Waals surface area contributed by atoms with Crippen LogP contribution < -0.4 is 10.1 Å². The Labute approximate surface area is 119 Å². The van der Waals surface area contributed by atoms with Crippen molar-refractivity contribution in [2.45, 2.75) is 33.3 Å². The first-order chi connectivity index (χ1) is 9.52. The summed E-state index contributed by atoms with van der Waals surface area (Å²) < 4.78 is 10.9. The quantitative estimate of drug-likeness (QED) is 0.427. The van der Waals surface area contributed by atoms with Gasteiger partial charge in [0.25, 0.3) is 5.69 Å². The molecule has 20 heavy (non-hydrogen) atoms. The van der Waals surface area contributed by atoms with Gasteiger partial charge in [0.05, 0.1) is 30.3 Å². The lowest BCUT2D eigenvalue weighted by molar-refractivity contribution is -0.384. The smallest absolute Gasteiger partial charge is 0.275 e. The number of nitrogens with one attached hydrogen (secondary N) is 1. The van der Waals surface area contributed by atoms with E-state index in [2.05, 4.69) is 5.32 Å². The van der Waals surface area contributed by atoms with Gasteiger partial charge in [-0.15, -0.1) is 0 Å². The van der Waals surface area contributed by atoms with Crippen LogP contribution in [0.15, 0.2) is 18.2 Å². The van der Waals surface area contributed by atoms with Crippen LogP contribution in [-0.4, -0.2) is 30.8 Å². The number of nitrogens with zero attached hydrogens (tertiary/aromatic N) is 1. The molecule has 0 saturated heterocycles. The van der Waals surface area contributed by atoms with Gasteiger partial charge >= 0.3 is 0 Å². The summed E-state index contributed by atoms with van der Waals surface area (Å²) in [5, 5.41) is 14.0. The van der Waals surface area contributed by atoms with E-state index in [1.165, 1.54) is 12.1 Å². The first kappa shape index (κ1) is 16.2. The zero-order chi connectivity index (χ0) is 15.0. The van der Waals surface area contributed by atoms with Crippen molar-refractivity contribution in [2.75, 3.05) is 25.1 Å². The highest BCUT2D eigenvalue weighted by molar-refractivity contribution is 5.56. The molecule has 0 aliphatic carbocycles. The number of nitro benzene ring substituents is 1. The molecule has 1 aromatic carbocycles. The predicted molar refractivity (Wildman–Crippen MR) is 78.5 cm³/mol. The first-order valence-corrected chi connectivity index (χ1v) is 6.80. The number of benzene rings is 1. The van der Waals surface area contributed by atoms with E-state index in [4.69, 9.17) is 9.47 Å². The largest absolute Gasteiger partial charge is 0.493 e. The summed E-state index contributed by atoms with van der Waals surface area (Å²) in [5.74, 6) is 0.508. The highest BCUT2D eigenvalue weighted by Gasteiger charge is 2.10. The average molecular weight is 282 g/mol. The van der Waals surface area contributed by atoms with Gasteiger partial charge in [-0.1, -0.05) is 6.92 Å². The minimum atomic E-state index is -0.422. The fraction of sp³-hybridized carbons (Fsp3) is 0.571. The summed E-state index contributed by atoms with van der Waals surface area (Å²) >= 11 is 0. The van der Waals surface area contributed by atoms with Gasteiger partial charge in [0.15, 0.2) is 0 Å². The standard InChI is InChI=1S/C14H22N2O4/c1-4-6-20-14-9-12(8-13(10-14)16(17)18)15-5-7-19-11(2)3/h8-11,15H,4-7H2,1-3H3. The van der Waals surface area contributed by atoms with Crippen LogP contribution >= 0.6 is 0 Å². The third kappa shape index (κ3) is 5.88. The van der Waals surface area contributed by atoms with Gasteiger partial charge in [0, 0.05) is 24.4 Å². The Morgan fingerprint density at radius 2 is 2.05 bits per heavy atom. The zero-order valence-corrected chi connectivity index (χ0v) is 12.2. The zero-order valence-electron chi connectivity index (χ0n) is 12.2. The number of nitro groups is 1. The van der Waals surface area contributed by atoms with Gasteiger partial charge in [-0.25, -0.2) is 0 Å². The molecule has 0 unspecified atom stereocenters. The van der Waals surface area contributed by atoms with Crippen molar-refractivity contribution in [3.05, 3.63) is 28.3 Å². The van der Waals surface area contributed by atoms with Crippen molar-refractivity contribution in [1.29, 1.82) is 0 Å². The third-order valence-electron chi connectivity index (χ3n) is 2.46. The van der Waals surface area contributed by atoms with E-state index in [1.807, 2.05) is 20.8 Å². The van der Waals surface area contributed by atoms with Crippen LogP contribution in [0.2, 0.25) is 0 Å². The lowest BCUT2D eigenvalue weighted by atomic mass is 10.2. The van der Waals surface area contributed by atoms with Crippen LogP contribution in [0, 0.1) is 10.1 Å². The van der Waals surface area contributed by atoms with Crippen molar-refractivity contribution >= 4 is 11.4 Å². The van der Waals surface area contributed by atoms with Crippen molar-refractivity contribution in [2.24, 2.45) is 0 Å². The summed E-state index contributed by atoms with van der Waals surface area (Å²) in [6, 6.07) is 4.69. The molecule has 0 heterocycles. The maximum Gasteiger partial charge on any atom is 0.275 e. The summed E-state index contributed by atoms with van der Waals surface area (Å²) in [7, 11) is 0. The van der Waals surface area contributed by atoms with Crippen LogP contribution in [0.4, 0.5) is 11.4 Å². The Hall–Kier alpha value is -1.82. The van der Waals surface area contributed by atoms with Crippen molar-refractivity contribution in [1.82, 2.24) is 0 Å². The minimum absolute atomic E-state index is 0.0193. The number of ether oxygens (including phenoxy) is 2. The van der Waals surface area contributed by atoms with E-state index < -0.39 is 4.92 Å². The Balaban J connectivity index is 2.67. The van der Waals surface area contributed by atoms with Crippen LogP contribution in [0.3, 0.4) is 0 Å². The summed E-state index contributed by atoms with van der Waals surface area (Å²) in [6.07, 6.45) is 1.03. The molecule has 0 spiro atoms. The number of non-ortho nitro benzene ring substituents is 1. The molecule has 0 aromatic heterocycles. The fourth-order valence-corrected chi connectivity index (χ4v) is 1.58. The van der Waals surface area contributed by atoms with Gasteiger partial charge in [0.2, 0.25) is 0 Å². The second-order valence-electron chi connectivity index (χ2n) is 4.67. The normalized spacial score (nSPS) is 10.6. The van der Waals surface area contributed by atoms with Gasteiger partial charge in [-0.2, -0.15) is 0 Å². The molecule has 0 aliphatic rings. The fourth-order valence-electron chi connectivity index (χ4n) is 1.58. The van der Waals surface area contributed by atoms with Crippen LogP contribution in [-0.2, 0) is 4.74 Å². The van der Waals surface area contributed by atoms with Crippen LogP contribution in [0.1, 0.15) is 27.2 Å². The van der Waals surface area contributed by atoms with E-state index in [9.17, 15) is 10.1 Å². The molecule has 6 nitrogen and oxygen atoms in total. The molecule has 0 amide bonds. The molecule has 0 aliphatic heterocycles. The molecule has 1 rings (SSSR count).